The summed E-state index contributed by atoms with van der Waals surface area (Å²) < 4.78 is 31.1. The molecule has 0 radical (unpaired) electrons. The lowest BCUT2D eigenvalue weighted by molar-refractivity contribution is 0.0529. The fraction of sp³-hybridized carbons (Fsp3) is 0.312. The van der Waals surface area contributed by atoms with Crippen LogP contribution >= 0.6 is 0 Å². The number of benzene rings is 1. The number of hydrogen-bond donors (Lipinski definition) is 0. The van der Waals surface area contributed by atoms with E-state index in [1.165, 1.54) is 11.0 Å². The van der Waals surface area contributed by atoms with Crippen LogP contribution in [0.25, 0.3) is 0 Å². The Kier molecular flexibility index (Phi) is 4.28. The number of aromatic nitrogens is 1. The standard InChI is InChI=1S/C16H15F2N3O3/c1-10-8-14(19-24-10)16(23)21-6-4-20(5-7-21)15(22)11-2-3-12(17)13(18)9-11/h2-3,8-9H,4-7H2,1H3. The van der Waals surface area contributed by atoms with Crippen molar-refractivity contribution in [3.05, 3.63) is 52.9 Å². The molecule has 1 saturated heterocycles. The molecule has 1 fully saturated rings. The second-order valence-electron chi connectivity index (χ2n) is 5.54. The minimum atomic E-state index is -1.06. The number of carbonyl (C=O) groups excluding carboxylic acids is 2. The van der Waals surface area contributed by atoms with Crippen molar-refractivity contribution < 1.29 is 22.9 Å². The third-order valence-electron chi connectivity index (χ3n) is 3.87. The van der Waals surface area contributed by atoms with Crippen molar-refractivity contribution >= 4 is 11.8 Å². The van der Waals surface area contributed by atoms with Crippen LogP contribution in [0.15, 0.2) is 28.8 Å². The van der Waals surface area contributed by atoms with Crippen molar-refractivity contribution in [2.75, 3.05) is 26.2 Å². The van der Waals surface area contributed by atoms with Gasteiger partial charge < -0.3 is 14.3 Å². The van der Waals surface area contributed by atoms with Crippen LogP contribution in [0.5, 0.6) is 0 Å². The third kappa shape index (κ3) is 3.12. The summed E-state index contributed by atoms with van der Waals surface area (Å²) in [5.41, 5.74) is 0.314. The van der Waals surface area contributed by atoms with Crippen LogP contribution in [-0.2, 0) is 0 Å². The number of halogens is 2. The average Bonchev–Trinajstić information content (AvgIpc) is 3.02. The van der Waals surface area contributed by atoms with Gasteiger partial charge in [-0.3, -0.25) is 9.59 Å². The lowest BCUT2D eigenvalue weighted by Crippen LogP contribution is -2.50. The molecule has 2 amide bonds. The van der Waals surface area contributed by atoms with E-state index in [1.807, 2.05) is 0 Å². The van der Waals surface area contributed by atoms with Gasteiger partial charge in [0.1, 0.15) is 5.76 Å². The Balaban J connectivity index is 1.63. The van der Waals surface area contributed by atoms with E-state index in [0.717, 1.165) is 12.1 Å². The van der Waals surface area contributed by atoms with Crippen molar-refractivity contribution in [2.24, 2.45) is 0 Å². The summed E-state index contributed by atoms with van der Waals surface area (Å²) in [6, 6.07) is 4.61. The first-order valence-corrected chi connectivity index (χ1v) is 7.42. The zero-order valence-corrected chi connectivity index (χ0v) is 13.0. The first kappa shape index (κ1) is 16.1. The summed E-state index contributed by atoms with van der Waals surface area (Å²) in [7, 11) is 0. The van der Waals surface area contributed by atoms with E-state index >= 15 is 0 Å². The van der Waals surface area contributed by atoms with Crippen LogP contribution in [0.3, 0.4) is 0 Å². The Bertz CT molecular complexity index is 783. The molecule has 0 spiro atoms. The molecular formula is C16H15F2N3O3. The zero-order chi connectivity index (χ0) is 17.3. The van der Waals surface area contributed by atoms with Crippen molar-refractivity contribution in [1.29, 1.82) is 0 Å². The van der Waals surface area contributed by atoms with Crippen LogP contribution in [-0.4, -0.2) is 52.9 Å². The molecule has 0 atom stereocenters. The minimum absolute atomic E-state index is 0.0841. The summed E-state index contributed by atoms with van der Waals surface area (Å²) in [6.07, 6.45) is 0. The van der Waals surface area contributed by atoms with Crippen molar-refractivity contribution in [1.82, 2.24) is 15.0 Å². The monoisotopic (exact) mass is 335 g/mol. The highest BCUT2D eigenvalue weighted by Crippen LogP contribution is 2.14. The molecule has 8 heteroatoms. The van der Waals surface area contributed by atoms with Crippen LogP contribution in [0.2, 0.25) is 0 Å². The van der Waals surface area contributed by atoms with Gasteiger partial charge in [0.15, 0.2) is 17.3 Å². The van der Waals surface area contributed by atoms with Gasteiger partial charge >= 0.3 is 0 Å². The van der Waals surface area contributed by atoms with Gasteiger partial charge in [0.2, 0.25) is 0 Å². The van der Waals surface area contributed by atoms with Crippen molar-refractivity contribution in [3.8, 4) is 0 Å². The average molecular weight is 335 g/mol. The molecule has 1 aromatic carbocycles. The van der Waals surface area contributed by atoms with Gasteiger partial charge in [-0.2, -0.15) is 0 Å². The highest BCUT2D eigenvalue weighted by Gasteiger charge is 2.27. The summed E-state index contributed by atoms with van der Waals surface area (Å²) in [5, 5.41) is 3.69. The first-order chi connectivity index (χ1) is 11.5. The topological polar surface area (TPSA) is 66.7 Å². The number of aryl methyl sites for hydroxylation is 1. The molecule has 1 aromatic heterocycles. The summed E-state index contributed by atoms with van der Waals surface area (Å²) >= 11 is 0. The van der Waals surface area contributed by atoms with Gasteiger partial charge in [-0.15, -0.1) is 0 Å². The number of nitrogens with zero attached hydrogens (tertiary/aromatic N) is 3. The summed E-state index contributed by atoms with van der Waals surface area (Å²) in [6.45, 7) is 2.98. The molecular weight excluding hydrogens is 320 g/mol. The summed E-state index contributed by atoms with van der Waals surface area (Å²) in [5.74, 6) is -2.16. The van der Waals surface area contributed by atoms with Gasteiger partial charge in [-0.25, -0.2) is 8.78 Å². The molecule has 0 N–H and O–H groups in total. The third-order valence-corrected chi connectivity index (χ3v) is 3.87. The highest BCUT2D eigenvalue weighted by atomic mass is 19.2. The van der Waals surface area contributed by atoms with Gasteiger partial charge in [0, 0.05) is 37.8 Å². The Hall–Kier alpha value is -2.77. The van der Waals surface area contributed by atoms with Gasteiger partial charge in [0.05, 0.1) is 0 Å². The maximum absolute atomic E-state index is 13.2. The Morgan fingerprint density at radius 2 is 1.62 bits per heavy atom. The summed E-state index contributed by atoms with van der Waals surface area (Å²) in [4.78, 5) is 27.6. The molecule has 3 rings (SSSR count). The van der Waals surface area contributed by atoms with Crippen LogP contribution in [0, 0.1) is 18.6 Å². The van der Waals surface area contributed by atoms with E-state index in [1.54, 1.807) is 17.9 Å². The second-order valence-corrected chi connectivity index (χ2v) is 5.54. The molecule has 0 aliphatic carbocycles. The van der Waals surface area contributed by atoms with E-state index in [4.69, 9.17) is 4.52 Å². The van der Waals surface area contributed by atoms with Gasteiger partial charge in [-0.1, -0.05) is 5.16 Å². The quantitative estimate of drug-likeness (QED) is 0.840. The van der Waals surface area contributed by atoms with Crippen LogP contribution < -0.4 is 0 Å². The molecule has 2 aromatic rings. The first-order valence-electron chi connectivity index (χ1n) is 7.42. The highest BCUT2D eigenvalue weighted by molar-refractivity contribution is 5.95. The normalized spacial score (nSPS) is 14.8. The van der Waals surface area contributed by atoms with E-state index in [9.17, 15) is 18.4 Å². The number of hydrogen-bond acceptors (Lipinski definition) is 4. The molecule has 126 valence electrons. The SMILES string of the molecule is Cc1cc(C(=O)N2CCN(C(=O)c3ccc(F)c(F)c3)CC2)no1. The molecule has 24 heavy (non-hydrogen) atoms. The largest absolute Gasteiger partial charge is 0.361 e. The van der Waals surface area contributed by atoms with Crippen molar-refractivity contribution in [2.45, 2.75) is 6.92 Å². The number of amides is 2. The Morgan fingerprint density at radius 1 is 1.00 bits per heavy atom. The zero-order valence-electron chi connectivity index (χ0n) is 13.0. The lowest BCUT2D eigenvalue weighted by Gasteiger charge is -2.34. The maximum Gasteiger partial charge on any atom is 0.276 e. The Labute approximate surface area is 136 Å². The second kappa shape index (κ2) is 6.38. The predicted octanol–water partition coefficient (Wildman–Crippen LogP) is 1.86. The van der Waals surface area contributed by atoms with E-state index in [2.05, 4.69) is 5.16 Å². The number of carbonyl (C=O) groups is 2. The van der Waals surface area contributed by atoms with E-state index < -0.39 is 17.5 Å². The van der Waals surface area contributed by atoms with Crippen LogP contribution in [0.1, 0.15) is 26.6 Å². The van der Waals surface area contributed by atoms with Gasteiger partial charge in [-0.05, 0) is 25.1 Å². The van der Waals surface area contributed by atoms with Crippen molar-refractivity contribution in [3.63, 3.8) is 0 Å². The molecule has 0 bridgehead atoms. The molecule has 1 aliphatic rings. The Morgan fingerprint density at radius 3 is 2.17 bits per heavy atom. The smallest absolute Gasteiger partial charge is 0.276 e. The molecule has 6 nitrogen and oxygen atoms in total. The van der Waals surface area contributed by atoms with Gasteiger partial charge in [0.25, 0.3) is 11.8 Å². The minimum Gasteiger partial charge on any atom is -0.361 e. The lowest BCUT2D eigenvalue weighted by atomic mass is 10.1. The molecule has 1 aliphatic heterocycles. The fourth-order valence-electron chi connectivity index (χ4n) is 2.55. The van der Waals surface area contributed by atoms with E-state index in [0.29, 0.717) is 31.9 Å². The molecule has 2 heterocycles. The molecule has 0 saturated carbocycles. The number of piperazine rings is 1. The molecule has 0 unspecified atom stereocenters. The predicted molar refractivity (Wildman–Crippen MR) is 79.4 cm³/mol. The fourth-order valence-corrected chi connectivity index (χ4v) is 2.55. The number of rotatable bonds is 2. The maximum atomic E-state index is 13.2. The van der Waals surface area contributed by atoms with Crippen LogP contribution in [0.4, 0.5) is 8.78 Å². The van der Waals surface area contributed by atoms with E-state index in [-0.39, 0.29) is 17.2 Å².